The second-order valence-electron chi connectivity index (χ2n) is 7.26. The Morgan fingerprint density at radius 1 is 1.27 bits per heavy atom. The van der Waals surface area contributed by atoms with Crippen molar-refractivity contribution in [2.24, 2.45) is 18.1 Å². The summed E-state index contributed by atoms with van der Waals surface area (Å²) < 4.78 is 36.9. The van der Waals surface area contributed by atoms with E-state index in [2.05, 4.69) is 9.82 Å². The zero-order valence-electron chi connectivity index (χ0n) is 17.3. The average Bonchev–Trinajstić information content (AvgIpc) is 3.12. The van der Waals surface area contributed by atoms with Crippen molar-refractivity contribution in [1.82, 2.24) is 19.4 Å². The first-order chi connectivity index (χ1) is 14.2. The molecule has 1 aromatic carbocycles. The van der Waals surface area contributed by atoms with Crippen LogP contribution in [-0.4, -0.2) is 62.9 Å². The molecule has 3 N–H and O–H groups in total. The van der Waals surface area contributed by atoms with Gasteiger partial charge in [-0.2, -0.15) is 13.5 Å². The Morgan fingerprint density at radius 2 is 2.00 bits per heavy atom. The van der Waals surface area contributed by atoms with Crippen LogP contribution < -0.4 is 19.3 Å². The molecule has 2 heterocycles. The van der Waals surface area contributed by atoms with Crippen LogP contribution in [0.25, 0.3) is 11.3 Å². The number of nitrogens with two attached hydrogens (primary N) is 1. The lowest BCUT2D eigenvalue weighted by Crippen LogP contribution is -2.44. The number of rotatable bonds is 7. The van der Waals surface area contributed by atoms with Crippen molar-refractivity contribution in [2.45, 2.75) is 12.8 Å². The molecule has 2 aromatic rings. The smallest absolute Gasteiger partial charge is 0.274 e. The molecule has 3 rings (SSSR count). The van der Waals surface area contributed by atoms with Crippen LogP contribution >= 0.6 is 0 Å². The Bertz CT molecular complexity index is 1020. The van der Waals surface area contributed by atoms with Crippen molar-refractivity contribution in [1.29, 1.82) is 0 Å². The molecule has 1 aliphatic heterocycles. The molecule has 1 fully saturated rings. The summed E-state index contributed by atoms with van der Waals surface area (Å²) >= 11 is 0. The third-order valence-corrected chi connectivity index (χ3v) is 5.73. The summed E-state index contributed by atoms with van der Waals surface area (Å²) in [5, 5.41) is 9.40. The molecule has 0 bridgehead atoms. The van der Waals surface area contributed by atoms with E-state index >= 15 is 0 Å². The van der Waals surface area contributed by atoms with Crippen LogP contribution in [0.5, 0.6) is 11.5 Å². The minimum atomic E-state index is -3.75. The predicted octanol–water partition coefficient (Wildman–Crippen LogP) is 0.750. The number of carbonyl (C=O) groups is 1. The SMILES string of the molecule is COc1ccc(-c2cc(C(=O)N3CCCC(CNS(N)(=O)=O)C3)nn2C)cc1OC. The highest BCUT2D eigenvalue weighted by Gasteiger charge is 2.27. The minimum absolute atomic E-state index is 0.00931. The molecule has 30 heavy (non-hydrogen) atoms. The highest BCUT2D eigenvalue weighted by molar-refractivity contribution is 7.87. The van der Waals surface area contributed by atoms with Gasteiger partial charge >= 0.3 is 0 Å². The fourth-order valence-corrected chi connectivity index (χ4v) is 4.12. The molecule has 1 aromatic heterocycles. The van der Waals surface area contributed by atoms with Crippen molar-refractivity contribution in [3.05, 3.63) is 30.0 Å². The van der Waals surface area contributed by atoms with E-state index in [1.807, 2.05) is 12.1 Å². The number of aromatic nitrogens is 2. The number of piperidine rings is 1. The van der Waals surface area contributed by atoms with Gasteiger partial charge in [0.15, 0.2) is 17.2 Å². The van der Waals surface area contributed by atoms with Crippen molar-refractivity contribution < 1.29 is 22.7 Å². The molecule has 1 unspecified atom stereocenters. The maximum absolute atomic E-state index is 13.0. The van der Waals surface area contributed by atoms with Crippen LogP contribution in [0.3, 0.4) is 0 Å². The first-order valence-electron chi connectivity index (χ1n) is 9.55. The maximum Gasteiger partial charge on any atom is 0.274 e. The molecule has 11 heteroatoms. The Kier molecular flexibility index (Phi) is 6.64. The van der Waals surface area contributed by atoms with Gasteiger partial charge in [0.1, 0.15) is 0 Å². The van der Waals surface area contributed by atoms with E-state index in [-0.39, 0.29) is 18.4 Å². The molecule has 1 amide bonds. The lowest BCUT2D eigenvalue weighted by atomic mass is 9.98. The number of amides is 1. The third-order valence-electron chi connectivity index (χ3n) is 5.16. The highest BCUT2D eigenvalue weighted by Crippen LogP contribution is 2.32. The number of nitrogens with one attached hydrogen (secondary N) is 1. The minimum Gasteiger partial charge on any atom is -0.493 e. The largest absolute Gasteiger partial charge is 0.493 e. The fraction of sp³-hybridized carbons (Fsp3) is 0.474. The molecule has 164 valence electrons. The van der Waals surface area contributed by atoms with E-state index in [9.17, 15) is 13.2 Å². The molecular weight excluding hydrogens is 410 g/mol. The zero-order chi connectivity index (χ0) is 21.9. The Balaban J connectivity index is 1.76. The summed E-state index contributed by atoms with van der Waals surface area (Å²) in [6.07, 6.45) is 1.61. The number of hydrogen-bond donors (Lipinski definition) is 2. The van der Waals surface area contributed by atoms with Gasteiger partial charge in [-0.1, -0.05) is 0 Å². The van der Waals surface area contributed by atoms with Gasteiger partial charge in [-0.3, -0.25) is 9.48 Å². The number of aryl methyl sites for hydroxylation is 1. The second-order valence-corrected chi connectivity index (χ2v) is 8.64. The number of ether oxygens (including phenoxy) is 2. The van der Waals surface area contributed by atoms with Gasteiger partial charge in [-0.05, 0) is 43.0 Å². The van der Waals surface area contributed by atoms with Crippen LogP contribution in [0.2, 0.25) is 0 Å². The van der Waals surface area contributed by atoms with Gasteiger partial charge in [-0.25, -0.2) is 9.86 Å². The van der Waals surface area contributed by atoms with Crippen molar-refractivity contribution in [3.8, 4) is 22.8 Å². The molecule has 0 saturated carbocycles. The number of benzene rings is 1. The molecule has 1 saturated heterocycles. The Morgan fingerprint density at radius 3 is 2.67 bits per heavy atom. The van der Waals surface area contributed by atoms with Gasteiger partial charge in [0.2, 0.25) is 0 Å². The molecule has 1 atom stereocenters. The molecule has 1 aliphatic rings. The van der Waals surface area contributed by atoms with Crippen LogP contribution in [0, 0.1) is 5.92 Å². The lowest BCUT2D eigenvalue weighted by molar-refractivity contribution is 0.0669. The van der Waals surface area contributed by atoms with E-state index in [0.717, 1.165) is 24.1 Å². The molecule has 0 aliphatic carbocycles. The normalized spacial score (nSPS) is 17.1. The van der Waals surface area contributed by atoms with Gasteiger partial charge in [-0.15, -0.1) is 0 Å². The van der Waals surface area contributed by atoms with E-state index in [4.69, 9.17) is 14.6 Å². The summed E-state index contributed by atoms with van der Waals surface area (Å²) in [6, 6.07) is 7.26. The quantitative estimate of drug-likeness (QED) is 0.658. The van der Waals surface area contributed by atoms with E-state index in [0.29, 0.717) is 30.3 Å². The number of likely N-dealkylation sites (tertiary alicyclic amines) is 1. The Labute approximate surface area is 176 Å². The van der Waals surface area contributed by atoms with Gasteiger partial charge in [0.05, 0.1) is 19.9 Å². The fourth-order valence-electron chi connectivity index (χ4n) is 3.65. The van der Waals surface area contributed by atoms with Crippen LogP contribution in [0.15, 0.2) is 24.3 Å². The molecule has 0 spiro atoms. The summed E-state index contributed by atoms with van der Waals surface area (Å²) in [7, 11) is 1.17. The van der Waals surface area contributed by atoms with Gasteiger partial charge < -0.3 is 14.4 Å². The average molecular weight is 438 g/mol. The molecular formula is C19H27N5O5S. The summed E-state index contributed by atoms with van der Waals surface area (Å²) in [6.45, 7) is 1.26. The summed E-state index contributed by atoms with van der Waals surface area (Å²) in [4.78, 5) is 14.7. The van der Waals surface area contributed by atoms with Gasteiger partial charge in [0.25, 0.3) is 16.1 Å². The number of hydrogen-bond acceptors (Lipinski definition) is 6. The first kappa shape index (κ1) is 22.1. The monoisotopic (exact) mass is 437 g/mol. The zero-order valence-corrected chi connectivity index (χ0v) is 18.1. The summed E-state index contributed by atoms with van der Waals surface area (Å²) in [5.74, 6) is 1.03. The number of carbonyl (C=O) groups excluding carboxylic acids is 1. The van der Waals surface area contributed by atoms with Crippen LogP contribution in [0.1, 0.15) is 23.3 Å². The maximum atomic E-state index is 13.0. The van der Waals surface area contributed by atoms with Crippen molar-refractivity contribution >= 4 is 16.1 Å². The lowest BCUT2D eigenvalue weighted by Gasteiger charge is -2.32. The molecule has 10 nitrogen and oxygen atoms in total. The van der Waals surface area contributed by atoms with Crippen molar-refractivity contribution in [2.75, 3.05) is 33.9 Å². The van der Waals surface area contributed by atoms with Crippen molar-refractivity contribution in [3.63, 3.8) is 0 Å². The number of methoxy groups -OCH3 is 2. The topological polar surface area (TPSA) is 129 Å². The summed E-state index contributed by atoms with van der Waals surface area (Å²) in [5.41, 5.74) is 1.95. The highest BCUT2D eigenvalue weighted by atomic mass is 32.2. The van der Waals surface area contributed by atoms with Gasteiger partial charge in [0, 0.05) is 32.2 Å². The van der Waals surface area contributed by atoms with E-state index in [1.165, 1.54) is 0 Å². The third kappa shape index (κ3) is 5.10. The van der Waals surface area contributed by atoms with E-state index < -0.39 is 10.2 Å². The van der Waals surface area contributed by atoms with Crippen LogP contribution in [0.4, 0.5) is 0 Å². The first-order valence-corrected chi connectivity index (χ1v) is 11.1. The second kappa shape index (κ2) is 9.02. The standard InChI is InChI=1S/C19H27N5O5S/c1-23-16(14-6-7-17(28-2)18(9-14)29-3)10-15(22-23)19(25)24-8-4-5-13(12-24)11-21-30(20,26)27/h6-7,9-10,13,21H,4-5,8,11-12H2,1-3H3,(H2,20,26,27). The number of nitrogens with zero attached hydrogens (tertiary/aromatic N) is 3. The van der Waals surface area contributed by atoms with E-state index in [1.54, 1.807) is 43.0 Å². The predicted molar refractivity (Wildman–Crippen MR) is 111 cm³/mol. The Hall–Kier alpha value is -2.63. The van der Waals surface area contributed by atoms with Crippen LogP contribution in [-0.2, 0) is 17.3 Å². The molecule has 0 radical (unpaired) electrons.